The van der Waals surface area contributed by atoms with Gasteiger partial charge in [0.15, 0.2) is 0 Å². The van der Waals surface area contributed by atoms with Gasteiger partial charge < -0.3 is 20.2 Å². The minimum Gasteiger partial charge on any atom is -0.508 e. The number of anilines is 1. The largest absolute Gasteiger partial charge is 0.508 e. The summed E-state index contributed by atoms with van der Waals surface area (Å²) in [7, 11) is 0. The number of β-lactam (4-membered cyclic amide) rings is 1. The van der Waals surface area contributed by atoms with Crippen molar-refractivity contribution >= 4 is 17.6 Å². The summed E-state index contributed by atoms with van der Waals surface area (Å²) in [6, 6.07) is 12.9. The molecule has 32 heavy (non-hydrogen) atoms. The van der Waals surface area contributed by atoms with Crippen LogP contribution in [0.1, 0.15) is 50.1 Å². The van der Waals surface area contributed by atoms with Crippen molar-refractivity contribution in [2.75, 3.05) is 18.0 Å². The molecule has 0 aromatic heterocycles. The van der Waals surface area contributed by atoms with E-state index in [9.17, 15) is 19.1 Å². The number of halogens is 1. The van der Waals surface area contributed by atoms with Gasteiger partial charge in [-0.05, 0) is 67.6 Å². The average molecular weight is 438 g/mol. The molecule has 3 amide bonds. The van der Waals surface area contributed by atoms with Gasteiger partial charge >= 0.3 is 6.03 Å². The van der Waals surface area contributed by atoms with E-state index < -0.39 is 5.41 Å². The molecule has 1 atom stereocenters. The van der Waals surface area contributed by atoms with Gasteiger partial charge in [-0.2, -0.15) is 0 Å². The number of nitrogens with zero attached hydrogens (tertiary/aromatic N) is 2. The Bertz CT molecular complexity index is 994. The predicted octanol–water partition coefficient (Wildman–Crippen LogP) is 4.35. The van der Waals surface area contributed by atoms with E-state index in [0.29, 0.717) is 31.6 Å². The molecule has 0 bridgehead atoms. The minimum absolute atomic E-state index is 0.0121. The summed E-state index contributed by atoms with van der Waals surface area (Å²) < 4.78 is 13.5. The van der Waals surface area contributed by atoms with E-state index in [-0.39, 0.29) is 35.6 Å². The van der Waals surface area contributed by atoms with Crippen LogP contribution < -0.4 is 10.2 Å². The van der Waals surface area contributed by atoms with Crippen LogP contribution >= 0.6 is 0 Å². The number of aromatic hydroxyl groups is 1. The van der Waals surface area contributed by atoms with Crippen molar-refractivity contribution < 1.29 is 19.1 Å². The highest BCUT2D eigenvalue weighted by Crippen LogP contribution is 2.57. The van der Waals surface area contributed by atoms with Gasteiger partial charge in [-0.15, -0.1) is 0 Å². The van der Waals surface area contributed by atoms with E-state index in [1.807, 2.05) is 17.0 Å². The van der Waals surface area contributed by atoms with Gasteiger partial charge in [0.1, 0.15) is 11.6 Å². The first-order valence-electron chi connectivity index (χ1n) is 11.4. The molecule has 1 unspecified atom stereocenters. The lowest BCUT2D eigenvalue weighted by Gasteiger charge is -2.59. The molecule has 3 aliphatic rings. The van der Waals surface area contributed by atoms with Gasteiger partial charge in [-0.1, -0.05) is 25.0 Å². The lowest BCUT2D eigenvalue weighted by molar-refractivity contribution is -0.144. The highest BCUT2D eigenvalue weighted by atomic mass is 19.1. The lowest BCUT2D eigenvalue weighted by Crippen LogP contribution is -2.67. The zero-order valence-electron chi connectivity index (χ0n) is 18.0. The quantitative estimate of drug-likeness (QED) is 0.701. The average Bonchev–Trinajstić information content (AvgIpc) is 3.32. The first-order chi connectivity index (χ1) is 15.5. The van der Waals surface area contributed by atoms with Gasteiger partial charge in [-0.25, -0.2) is 9.18 Å². The number of nitrogens with one attached hydrogen (secondary N) is 1. The van der Waals surface area contributed by atoms with Crippen LogP contribution in [0.25, 0.3) is 0 Å². The van der Waals surface area contributed by atoms with Crippen molar-refractivity contribution in [3.05, 3.63) is 59.9 Å². The van der Waals surface area contributed by atoms with Crippen LogP contribution in [-0.4, -0.2) is 41.1 Å². The number of phenolic OH excluding ortho intramolecular Hbond substituents is 1. The SMILES string of the molecule is O=C(NC1CCCC1)N1CCC2(CC1)C(=O)N(c1ccc(F)cc1)C2c1ccc(O)cc1. The molecule has 1 aliphatic carbocycles. The molecule has 0 radical (unpaired) electrons. The zero-order chi connectivity index (χ0) is 22.3. The number of hydrogen-bond acceptors (Lipinski definition) is 3. The van der Waals surface area contributed by atoms with Crippen molar-refractivity contribution in [2.45, 2.75) is 50.6 Å². The molecular formula is C25H28FN3O3. The molecule has 1 spiro atoms. The summed E-state index contributed by atoms with van der Waals surface area (Å²) in [4.78, 5) is 29.8. The second kappa shape index (κ2) is 8.11. The minimum atomic E-state index is -0.602. The maximum Gasteiger partial charge on any atom is 0.317 e. The van der Waals surface area contributed by atoms with E-state index >= 15 is 0 Å². The highest BCUT2D eigenvalue weighted by molar-refractivity contribution is 6.06. The molecule has 2 heterocycles. The van der Waals surface area contributed by atoms with Gasteiger partial charge in [0.25, 0.3) is 0 Å². The number of benzene rings is 2. The van der Waals surface area contributed by atoms with Gasteiger partial charge in [0, 0.05) is 24.8 Å². The first-order valence-corrected chi connectivity index (χ1v) is 11.4. The first kappa shape index (κ1) is 20.8. The number of piperidine rings is 1. The number of phenols is 1. The highest BCUT2D eigenvalue weighted by Gasteiger charge is 2.62. The maximum absolute atomic E-state index is 13.5. The molecule has 7 heteroatoms. The van der Waals surface area contributed by atoms with E-state index in [2.05, 4.69) is 5.32 Å². The molecule has 6 nitrogen and oxygen atoms in total. The fraction of sp³-hybridized carbons (Fsp3) is 0.440. The third-order valence-electron chi connectivity index (χ3n) is 7.37. The number of carbonyl (C=O) groups excluding carboxylic acids is 2. The summed E-state index contributed by atoms with van der Waals surface area (Å²) in [5, 5.41) is 12.9. The van der Waals surface area contributed by atoms with E-state index in [1.54, 1.807) is 29.2 Å². The summed E-state index contributed by atoms with van der Waals surface area (Å²) in [5.41, 5.74) is 0.979. The van der Waals surface area contributed by atoms with Crippen LogP contribution in [-0.2, 0) is 4.79 Å². The molecule has 2 aromatic rings. The Morgan fingerprint density at radius 1 is 1.00 bits per heavy atom. The Balaban J connectivity index is 1.37. The number of amides is 3. The fourth-order valence-electron chi connectivity index (χ4n) is 5.58. The van der Waals surface area contributed by atoms with E-state index in [0.717, 1.165) is 31.2 Å². The molecule has 3 fully saturated rings. The monoisotopic (exact) mass is 437 g/mol. The Labute approximate surface area is 187 Å². The van der Waals surface area contributed by atoms with Gasteiger partial charge in [-0.3, -0.25) is 4.79 Å². The third-order valence-corrected chi connectivity index (χ3v) is 7.37. The second-order valence-corrected chi connectivity index (χ2v) is 9.22. The molecule has 2 aliphatic heterocycles. The fourth-order valence-corrected chi connectivity index (χ4v) is 5.58. The van der Waals surface area contributed by atoms with Crippen molar-refractivity contribution in [1.82, 2.24) is 10.2 Å². The standard InChI is InChI=1S/C25H28FN3O3/c26-18-7-9-20(10-8-18)29-22(17-5-11-21(30)12-6-17)25(23(29)31)13-15-28(16-14-25)24(32)27-19-3-1-2-4-19/h5-12,19,22,30H,1-4,13-16H2,(H,27,32). The van der Waals surface area contributed by atoms with Crippen LogP contribution in [0.2, 0.25) is 0 Å². The number of likely N-dealkylation sites (tertiary alicyclic amines) is 1. The predicted molar refractivity (Wildman–Crippen MR) is 119 cm³/mol. The number of carbonyl (C=O) groups is 2. The Morgan fingerprint density at radius 2 is 1.62 bits per heavy atom. The lowest BCUT2D eigenvalue weighted by atomic mass is 9.62. The molecule has 2 saturated heterocycles. The summed E-state index contributed by atoms with van der Waals surface area (Å²) in [6.45, 7) is 1.05. The van der Waals surface area contributed by atoms with Gasteiger partial charge in [0.2, 0.25) is 5.91 Å². The summed E-state index contributed by atoms with van der Waals surface area (Å²) in [5.74, 6) is -0.169. The molecule has 168 valence electrons. The van der Waals surface area contributed by atoms with Crippen LogP contribution in [0, 0.1) is 11.2 Å². The van der Waals surface area contributed by atoms with Gasteiger partial charge in [0.05, 0.1) is 11.5 Å². The molecule has 1 saturated carbocycles. The van der Waals surface area contributed by atoms with E-state index in [1.165, 1.54) is 12.1 Å². The van der Waals surface area contributed by atoms with Crippen molar-refractivity contribution in [3.63, 3.8) is 0 Å². The number of urea groups is 1. The topological polar surface area (TPSA) is 72.9 Å². The summed E-state index contributed by atoms with van der Waals surface area (Å²) >= 11 is 0. The number of hydrogen-bond donors (Lipinski definition) is 2. The third kappa shape index (κ3) is 3.49. The summed E-state index contributed by atoms with van der Waals surface area (Å²) in [6.07, 6.45) is 5.56. The Morgan fingerprint density at radius 3 is 2.25 bits per heavy atom. The maximum atomic E-state index is 13.5. The van der Waals surface area contributed by atoms with Crippen LogP contribution in [0.4, 0.5) is 14.9 Å². The van der Waals surface area contributed by atoms with Crippen LogP contribution in [0.3, 0.4) is 0 Å². The van der Waals surface area contributed by atoms with Crippen molar-refractivity contribution in [3.8, 4) is 5.75 Å². The normalized spacial score (nSPS) is 22.8. The van der Waals surface area contributed by atoms with Crippen molar-refractivity contribution in [2.24, 2.45) is 5.41 Å². The van der Waals surface area contributed by atoms with Crippen molar-refractivity contribution in [1.29, 1.82) is 0 Å². The Hall–Kier alpha value is -3.09. The number of rotatable bonds is 3. The molecule has 2 N–H and O–H groups in total. The molecule has 2 aromatic carbocycles. The molecular weight excluding hydrogens is 409 g/mol. The van der Waals surface area contributed by atoms with Crippen LogP contribution in [0.15, 0.2) is 48.5 Å². The zero-order valence-corrected chi connectivity index (χ0v) is 18.0. The van der Waals surface area contributed by atoms with E-state index in [4.69, 9.17) is 0 Å². The van der Waals surface area contributed by atoms with Crippen LogP contribution in [0.5, 0.6) is 5.75 Å². The second-order valence-electron chi connectivity index (χ2n) is 9.22. The Kier molecular flexibility index (Phi) is 5.27. The smallest absolute Gasteiger partial charge is 0.317 e. The molecule has 5 rings (SSSR count).